The van der Waals surface area contributed by atoms with Crippen molar-refractivity contribution < 1.29 is 2.86 Å². The quantitative estimate of drug-likeness (QED) is 0.276. The lowest BCUT2D eigenvalue weighted by Crippen LogP contribution is -2.01. The Morgan fingerprint density at radius 3 is 2.43 bits per heavy atom. The number of halogens is 1. The predicted octanol–water partition coefficient (Wildman–Crippen LogP) is 1.02. The molecule has 0 radical (unpaired) electrons. The first-order valence-corrected chi connectivity index (χ1v) is 4.67. The van der Waals surface area contributed by atoms with Crippen molar-refractivity contribution in [3.63, 3.8) is 0 Å². The van der Waals surface area contributed by atoms with Crippen LogP contribution in [-0.2, 0) is 0 Å². The molecule has 1 unspecified atom stereocenters. The van der Waals surface area contributed by atoms with Gasteiger partial charge in [0.05, 0.1) is 0 Å². The lowest BCUT2D eigenvalue weighted by molar-refractivity contribution is -0.550. The van der Waals surface area contributed by atoms with E-state index < -0.39 is 0 Å². The van der Waals surface area contributed by atoms with Crippen molar-refractivity contribution in [1.82, 2.24) is 0 Å². The van der Waals surface area contributed by atoms with Crippen LogP contribution in [0.2, 0.25) is 0 Å². The van der Waals surface area contributed by atoms with E-state index in [1.165, 1.54) is 0 Å². The van der Waals surface area contributed by atoms with E-state index in [0.717, 1.165) is 6.54 Å². The molecule has 0 amide bonds. The van der Waals surface area contributed by atoms with Crippen molar-refractivity contribution in [1.29, 1.82) is 0 Å². The minimum atomic E-state index is -0.333. The van der Waals surface area contributed by atoms with Crippen LogP contribution in [0.1, 0.15) is 6.92 Å². The molecule has 2 nitrogen and oxygen atoms in total. The van der Waals surface area contributed by atoms with Crippen LogP contribution in [-0.4, -0.2) is 20.0 Å². The Balaban J connectivity index is 2.51. The van der Waals surface area contributed by atoms with E-state index in [4.69, 9.17) is 0 Å². The molecule has 1 fully saturated rings. The summed E-state index contributed by atoms with van der Waals surface area (Å²) in [5, 5.41) is 10.8. The molecule has 2 atom stereocenters. The minimum Gasteiger partial charge on any atom is -0.625 e. The zero-order valence-corrected chi connectivity index (χ0v) is 6.38. The number of quaternary nitrogens is 1. The van der Waals surface area contributed by atoms with Gasteiger partial charge < -0.3 is 8.07 Å². The van der Waals surface area contributed by atoms with Crippen LogP contribution >= 0.6 is 21.0 Å². The summed E-state index contributed by atoms with van der Waals surface area (Å²) in [4.78, 5) is 0. The third-order valence-corrected chi connectivity index (χ3v) is 3.74. The molecular formula is C4H8INO. The highest BCUT2D eigenvalue weighted by molar-refractivity contribution is 14.1. The van der Waals surface area contributed by atoms with Crippen molar-refractivity contribution in [2.45, 2.75) is 13.0 Å². The molecule has 0 saturated carbocycles. The van der Waals surface area contributed by atoms with Gasteiger partial charge in [0.25, 0.3) is 0 Å². The van der Waals surface area contributed by atoms with Gasteiger partial charge >= 0.3 is 0 Å². The fourth-order valence-corrected chi connectivity index (χ4v) is 2.00. The maximum Gasteiger partial charge on any atom is 0.143 e. The lowest BCUT2D eigenvalue weighted by atomic mass is 10.6. The number of hydrogen-bond acceptors (Lipinski definition) is 1. The maximum atomic E-state index is 10.8. The van der Waals surface area contributed by atoms with Gasteiger partial charge in [-0.3, -0.25) is 0 Å². The molecule has 7 heavy (non-hydrogen) atoms. The molecule has 1 rings (SSSR count). The second-order valence-corrected chi connectivity index (χ2v) is 4.17. The Morgan fingerprint density at radius 1 is 2.00 bits per heavy atom. The second kappa shape index (κ2) is 1.50. The number of hydrogen-bond donors (Lipinski definition) is 0. The smallest absolute Gasteiger partial charge is 0.143 e. The van der Waals surface area contributed by atoms with E-state index in [1.54, 1.807) is 0 Å². The third kappa shape index (κ3) is 0.850. The number of hydroxylamine groups is 2. The number of rotatable bonds is 1. The summed E-state index contributed by atoms with van der Waals surface area (Å²) in [5.74, 6) is 0. The van der Waals surface area contributed by atoms with E-state index in [1.807, 2.05) is 6.92 Å². The van der Waals surface area contributed by atoms with Gasteiger partial charge in [-0.25, -0.2) is 0 Å². The van der Waals surface area contributed by atoms with Gasteiger partial charge in [-0.15, -0.1) is 0 Å². The summed E-state index contributed by atoms with van der Waals surface area (Å²) in [7, 11) is 0. The van der Waals surface area contributed by atoms with Gasteiger partial charge in [0.15, 0.2) is 0 Å². The van der Waals surface area contributed by atoms with Crippen molar-refractivity contribution in [3.8, 4) is 0 Å². The van der Waals surface area contributed by atoms with Gasteiger partial charge in [0, 0.05) is 0 Å². The average molecular weight is 213 g/mol. The molecule has 1 aliphatic rings. The molecule has 0 spiro atoms. The Hall–Kier alpha value is 0.520. The summed E-state index contributed by atoms with van der Waals surface area (Å²) in [6.07, 6.45) is 0. The van der Waals surface area contributed by atoms with E-state index >= 15 is 0 Å². The summed E-state index contributed by atoms with van der Waals surface area (Å²) in [6.45, 7) is 2.81. The van der Waals surface area contributed by atoms with Gasteiger partial charge in [0.1, 0.15) is 33.6 Å². The van der Waals surface area contributed by atoms with E-state index in [9.17, 15) is 5.21 Å². The van der Waals surface area contributed by atoms with Crippen LogP contribution < -0.4 is 0 Å². The highest BCUT2D eigenvalue weighted by Crippen LogP contribution is 2.37. The Bertz CT molecular complexity index is 106. The fourth-order valence-electron chi connectivity index (χ4n) is 0.480. The SMILES string of the molecule is C=I[N+]1([O-])C[C@H]1C. The van der Waals surface area contributed by atoms with Crippen LogP contribution in [0.3, 0.4) is 0 Å². The predicted molar refractivity (Wildman–Crippen MR) is 39.1 cm³/mol. The highest BCUT2D eigenvalue weighted by Gasteiger charge is 2.42. The van der Waals surface area contributed by atoms with Crippen LogP contribution in [0.15, 0.2) is 0 Å². The van der Waals surface area contributed by atoms with Crippen LogP contribution in [0.5, 0.6) is 0 Å². The van der Waals surface area contributed by atoms with E-state index in [0.29, 0.717) is 6.04 Å². The lowest BCUT2D eigenvalue weighted by Gasteiger charge is -2.13. The first-order valence-electron chi connectivity index (χ1n) is 2.18. The first-order chi connectivity index (χ1) is 3.19. The zero-order valence-electron chi connectivity index (χ0n) is 4.22. The van der Waals surface area contributed by atoms with Crippen LogP contribution in [0.25, 0.3) is 0 Å². The summed E-state index contributed by atoms with van der Waals surface area (Å²) >= 11 is -0.333. The molecule has 0 bridgehead atoms. The average Bonchev–Trinajstić information content (AvgIpc) is 2.18. The molecular weight excluding hydrogens is 205 g/mol. The second-order valence-electron chi connectivity index (χ2n) is 1.85. The maximum absolute atomic E-state index is 10.8. The Labute approximate surface area is 53.4 Å². The highest BCUT2D eigenvalue weighted by atomic mass is 127. The van der Waals surface area contributed by atoms with Gasteiger partial charge in [-0.1, -0.05) is 0 Å². The molecule has 42 valence electrons. The van der Waals surface area contributed by atoms with Gasteiger partial charge in [-0.2, -0.15) is 0 Å². The molecule has 1 aliphatic heterocycles. The minimum absolute atomic E-state index is 0.0544. The number of nitrogens with zero attached hydrogens (tertiary/aromatic N) is 1. The first kappa shape index (κ1) is 5.65. The summed E-state index contributed by atoms with van der Waals surface area (Å²) < 4.78 is 3.69. The molecule has 0 aromatic heterocycles. The largest absolute Gasteiger partial charge is 0.625 e. The van der Waals surface area contributed by atoms with Crippen LogP contribution in [0, 0.1) is 5.21 Å². The molecule has 0 N–H and O–H groups in total. The van der Waals surface area contributed by atoms with Crippen molar-refractivity contribution in [3.05, 3.63) is 5.21 Å². The third-order valence-electron chi connectivity index (χ3n) is 1.24. The van der Waals surface area contributed by atoms with E-state index in [2.05, 4.69) is 4.51 Å². The molecule has 0 aromatic rings. The van der Waals surface area contributed by atoms with E-state index in [-0.39, 0.29) is 23.9 Å². The van der Waals surface area contributed by atoms with Gasteiger partial charge in [-0.05, 0) is 11.4 Å². The van der Waals surface area contributed by atoms with Crippen molar-refractivity contribution in [2.24, 2.45) is 0 Å². The Kier molecular flexibility index (Phi) is 1.21. The summed E-state index contributed by atoms with van der Waals surface area (Å²) in [5.41, 5.74) is 0. The zero-order chi connectivity index (χ0) is 5.49. The molecule has 0 aliphatic carbocycles. The Morgan fingerprint density at radius 2 is 2.43 bits per heavy atom. The van der Waals surface area contributed by atoms with Crippen LogP contribution in [0.4, 0.5) is 0 Å². The monoisotopic (exact) mass is 213 g/mol. The molecule has 3 heteroatoms. The normalized spacial score (nSPS) is 49.1. The molecule has 0 aromatic carbocycles. The summed E-state index contributed by atoms with van der Waals surface area (Å²) in [6, 6.07) is 0.380. The van der Waals surface area contributed by atoms with Crippen molar-refractivity contribution in [2.75, 3.05) is 6.54 Å². The van der Waals surface area contributed by atoms with Crippen molar-refractivity contribution >= 4 is 25.5 Å². The standard InChI is InChI=1S/C4H8INO/c1-4-3-6(4,7)5-2/h4H,2-3H2,1H3/t4-,6?/m1/s1. The van der Waals surface area contributed by atoms with Gasteiger partial charge in [0.2, 0.25) is 0 Å². The fraction of sp³-hybridized carbons (Fsp3) is 0.750. The molecule has 1 heterocycles. The molecule has 1 saturated heterocycles. The topological polar surface area (TPSA) is 23.1 Å².